The lowest BCUT2D eigenvalue weighted by Crippen LogP contribution is -2.39. The molecule has 0 saturated carbocycles. The number of hydrogen-bond acceptors (Lipinski definition) is 7. The van der Waals surface area contributed by atoms with Gasteiger partial charge in [-0.15, -0.1) is 0 Å². The maximum Gasteiger partial charge on any atom is 0.279 e. The van der Waals surface area contributed by atoms with Crippen molar-refractivity contribution in [2.45, 2.75) is 13.0 Å². The highest BCUT2D eigenvalue weighted by Crippen LogP contribution is 2.33. The van der Waals surface area contributed by atoms with E-state index >= 15 is 0 Å². The number of hydrogen-bond donors (Lipinski definition) is 0. The molecule has 0 aliphatic carbocycles. The first-order chi connectivity index (χ1) is 15.8. The van der Waals surface area contributed by atoms with Crippen molar-refractivity contribution in [3.8, 4) is 11.3 Å². The number of aromatic nitrogens is 6. The highest BCUT2D eigenvalue weighted by molar-refractivity contribution is 6.33. The molecule has 1 saturated heterocycles. The molecule has 1 aromatic carbocycles. The Balaban J connectivity index is 1.67. The monoisotopic (exact) mass is 469 g/mol. The molecule has 1 aliphatic heterocycles. The number of halogens is 2. The first kappa shape index (κ1) is 21.5. The van der Waals surface area contributed by atoms with Crippen molar-refractivity contribution < 1.29 is 9.13 Å². The van der Waals surface area contributed by atoms with Crippen molar-refractivity contribution in [1.29, 1.82) is 0 Å². The van der Waals surface area contributed by atoms with E-state index < -0.39 is 5.82 Å². The molecule has 0 spiro atoms. The number of rotatable bonds is 3. The van der Waals surface area contributed by atoms with Crippen LogP contribution in [-0.2, 0) is 18.8 Å². The van der Waals surface area contributed by atoms with Crippen molar-refractivity contribution >= 4 is 28.6 Å². The number of ether oxygens (including phenoxy) is 1. The molecule has 9 nitrogen and oxygen atoms in total. The van der Waals surface area contributed by atoms with Gasteiger partial charge in [-0.05, 0) is 25.1 Å². The third-order valence-electron chi connectivity index (χ3n) is 5.77. The summed E-state index contributed by atoms with van der Waals surface area (Å²) in [4.78, 5) is 28.9. The van der Waals surface area contributed by atoms with Gasteiger partial charge in [0.15, 0.2) is 5.52 Å². The predicted octanol–water partition coefficient (Wildman–Crippen LogP) is 2.80. The molecule has 4 aromatic rings. The van der Waals surface area contributed by atoms with Crippen LogP contribution in [-0.4, -0.2) is 49.0 Å². The van der Waals surface area contributed by atoms with Gasteiger partial charge in [-0.2, -0.15) is 5.10 Å². The Morgan fingerprint density at radius 1 is 1.18 bits per heavy atom. The van der Waals surface area contributed by atoms with E-state index in [1.807, 2.05) is 18.1 Å². The molecule has 11 heteroatoms. The second-order valence-corrected chi connectivity index (χ2v) is 8.38. The lowest BCUT2D eigenvalue weighted by Gasteiger charge is -2.32. The largest absolute Gasteiger partial charge is 0.370 e. The molecule has 3 aromatic heterocycles. The number of aryl methyl sites for hydroxylation is 2. The quantitative estimate of drug-likeness (QED) is 0.455. The van der Waals surface area contributed by atoms with Gasteiger partial charge in [-0.3, -0.25) is 14.0 Å². The van der Waals surface area contributed by atoms with Crippen LogP contribution < -0.4 is 10.5 Å². The van der Waals surface area contributed by atoms with E-state index in [1.54, 1.807) is 24.9 Å². The van der Waals surface area contributed by atoms with E-state index in [4.69, 9.17) is 21.3 Å². The van der Waals surface area contributed by atoms with Crippen LogP contribution in [0.25, 0.3) is 22.3 Å². The van der Waals surface area contributed by atoms with Crippen LogP contribution in [0, 0.1) is 12.7 Å². The number of anilines is 1. The summed E-state index contributed by atoms with van der Waals surface area (Å²) in [5.74, 6) is 0.402. The number of benzene rings is 1. The molecule has 0 N–H and O–H groups in total. The third kappa shape index (κ3) is 3.85. The van der Waals surface area contributed by atoms with Gasteiger partial charge in [0.25, 0.3) is 5.56 Å². The summed E-state index contributed by atoms with van der Waals surface area (Å²) >= 11 is 6.36. The Bertz CT molecular complexity index is 1430. The number of fused-ring (bicyclic) bond motifs is 1. The number of morpholine rings is 1. The Labute approximate surface area is 193 Å². The van der Waals surface area contributed by atoms with E-state index in [0.29, 0.717) is 48.2 Å². The van der Waals surface area contributed by atoms with Gasteiger partial charge >= 0.3 is 0 Å². The van der Waals surface area contributed by atoms with E-state index in [1.165, 1.54) is 22.8 Å². The topological polar surface area (TPSA) is 91.0 Å². The van der Waals surface area contributed by atoms with Crippen molar-refractivity contribution in [1.82, 2.24) is 29.3 Å². The van der Waals surface area contributed by atoms with E-state index in [0.717, 1.165) is 5.56 Å². The van der Waals surface area contributed by atoms with Crippen molar-refractivity contribution in [2.75, 3.05) is 24.6 Å². The summed E-state index contributed by atoms with van der Waals surface area (Å²) in [5.41, 5.74) is 2.00. The maximum absolute atomic E-state index is 13.7. The molecular weight excluding hydrogens is 449 g/mol. The van der Waals surface area contributed by atoms with Crippen LogP contribution >= 0.6 is 11.6 Å². The minimum atomic E-state index is -0.463. The third-order valence-corrected chi connectivity index (χ3v) is 6.08. The van der Waals surface area contributed by atoms with Gasteiger partial charge in [0.05, 0.1) is 24.4 Å². The summed E-state index contributed by atoms with van der Waals surface area (Å²) in [7, 11) is 3.49. The summed E-state index contributed by atoms with van der Waals surface area (Å²) in [6.45, 7) is 3.20. The summed E-state index contributed by atoms with van der Waals surface area (Å²) in [6, 6.07) is 4.05. The van der Waals surface area contributed by atoms with Crippen molar-refractivity contribution in [3.05, 3.63) is 63.2 Å². The van der Waals surface area contributed by atoms with Crippen LogP contribution in [0.4, 0.5) is 10.3 Å². The standard InChI is InChI=1S/C22H21ClFN7O2/c1-12-26-19-18(15-5-4-14(24)8-16(15)23)27-22(28-20(19)21(32)30(12)3)31-6-7-33-17(11-31)13-9-25-29(2)10-13/h4-5,8-10,17H,6-7,11H2,1-3H3. The van der Waals surface area contributed by atoms with Crippen LogP contribution in [0.15, 0.2) is 35.4 Å². The molecule has 5 rings (SSSR count). The van der Waals surface area contributed by atoms with Gasteiger partial charge in [-0.25, -0.2) is 19.3 Å². The lowest BCUT2D eigenvalue weighted by molar-refractivity contribution is 0.0392. The highest BCUT2D eigenvalue weighted by atomic mass is 35.5. The lowest BCUT2D eigenvalue weighted by atomic mass is 10.1. The molecule has 1 unspecified atom stereocenters. The first-order valence-electron chi connectivity index (χ1n) is 10.4. The summed E-state index contributed by atoms with van der Waals surface area (Å²) < 4.78 is 22.8. The average Bonchev–Trinajstić information content (AvgIpc) is 3.24. The zero-order chi connectivity index (χ0) is 23.3. The molecule has 4 heterocycles. The Hall–Kier alpha value is -3.37. The molecule has 1 atom stereocenters. The Morgan fingerprint density at radius 2 is 2.00 bits per heavy atom. The molecule has 0 radical (unpaired) electrons. The van der Waals surface area contributed by atoms with Crippen LogP contribution in [0.2, 0.25) is 5.02 Å². The van der Waals surface area contributed by atoms with Crippen LogP contribution in [0.3, 0.4) is 0 Å². The van der Waals surface area contributed by atoms with Crippen LogP contribution in [0.5, 0.6) is 0 Å². The van der Waals surface area contributed by atoms with Crippen molar-refractivity contribution in [3.63, 3.8) is 0 Å². The molecule has 33 heavy (non-hydrogen) atoms. The second-order valence-electron chi connectivity index (χ2n) is 7.97. The fraction of sp³-hybridized carbons (Fsp3) is 0.318. The van der Waals surface area contributed by atoms with Gasteiger partial charge in [0.2, 0.25) is 5.95 Å². The zero-order valence-electron chi connectivity index (χ0n) is 18.3. The Kier molecular flexibility index (Phi) is 5.34. The first-order valence-corrected chi connectivity index (χ1v) is 10.8. The maximum atomic E-state index is 13.7. The molecule has 0 bridgehead atoms. The van der Waals surface area contributed by atoms with E-state index in [2.05, 4.69) is 15.1 Å². The molecule has 1 aliphatic rings. The van der Waals surface area contributed by atoms with Gasteiger partial charge in [0, 0.05) is 38.0 Å². The fourth-order valence-corrected chi connectivity index (χ4v) is 4.15. The summed E-state index contributed by atoms with van der Waals surface area (Å²) in [5, 5.41) is 4.40. The predicted molar refractivity (Wildman–Crippen MR) is 122 cm³/mol. The molecule has 1 fully saturated rings. The van der Waals surface area contributed by atoms with E-state index in [9.17, 15) is 9.18 Å². The zero-order valence-corrected chi connectivity index (χ0v) is 19.0. The van der Waals surface area contributed by atoms with Gasteiger partial charge < -0.3 is 9.64 Å². The molecule has 170 valence electrons. The molecular formula is C22H21ClFN7O2. The highest BCUT2D eigenvalue weighted by Gasteiger charge is 2.27. The van der Waals surface area contributed by atoms with Gasteiger partial charge in [0.1, 0.15) is 29.0 Å². The smallest absolute Gasteiger partial charge is 0.279 e. The van der Waals surface area contributed by atoms with Crippen LogP contribution in [0.1, 0.15) is 17.5 Å². The van der Waals surface area contributed by atoms with E-state index in [-0.39, 0.29) is 22.2 Å². The number of nitrogens with zero attached hydrogens (tertiary/aromatic N) is 7. The second kappa shape index (κ2) is 8.20. The Morgan fingerprint density at radius 3 is 2.73 bits per heavy atom. The average molecular weight is 470 g/mol. The van der Waals surface area contributed by atoms with Gasteiger partial charge in [-0.1, -0.05) is 11.6 Å². The minimum Gasteiger partial charge on any atom is -0.370 e. The fourth-order valence-electron chi connectivity index (χ4n) is 3.89. The minimum absolute atomic E-state index is 0.174. The summed E-state index contributed by atoms with van der Waals surface area (Å²) in [6.07, 6.45) is 3.45. The van der Waals surface area contributed by atoms with Crippen molar-refractivity contribution in [2.24, 2.45) is 14.1 Å². The molecule has 0 amide bonds. The normalized spacial score (nSPS) is 16.5. The SMILES string of the molecule is Cc1nc2c(-c3ccc(F)cc3Cl)nc(N3CCOC(c4cnn(C)c4)C3)nc2c(=O)n1C.